The zero-order chi connectivity index (χ0) is 14.6. The molecule has 0 unspecified atom stereocenters. The molecular formula is C14H16FNO3S. The summed E-state index contributed by atoms with van der Waals surface area (Å²) in [6, 6.07) is 3.56. The predicted octanol–water partition coefficient (Wildman–Crippen LogP) is 1.25. The first-order valence-corrected chi connectivity index (χ1v) is 7.90. The van der Waals surface area contributed by atoms with Gasteiger partial charge in [-0.15, -0.1) is 0 Å². The minimum absolute atomic E-state index is 0.0667. The van der Waals surface area contributed by atoms with Gasteiger partial charge in [-0.1, -0.05) is 18.3 Å². The van der Waals surface area contributed by atoms with E-state index in [1.165, 1.54) is 12.1 Å². The highest BCUT2D eigenvalue weighted by Crippen LogP contribution is 2.25. The highest BCUT2D eigenvalue weighted by atomic mass is 32.2. The van der Waals surface area contributed by atoms with Crippen LogP contribution in [0.4, 0.5) is 4.39 Å². The van der Waals surface area contributed by atoms with Crippen molar-refractivity contribution in [1.82, 2.24) is 4.72 Å². The van der Waals surface area contributed by atoms with E-state index in [1.807, 2.05) is 0 Å². The van der Waals surface area contributed by atoms with Crippen LogP contribution in [-0.4, -0.2) is 26.7 Å². The fraction of sp³-hybridized carbons (Fsp3) is 0.429. The van der Waals surface area contributed by atoms with Crippen molar-refractivity contribution in [3.8, 4) is 11.8 Å². The summed E-state index contributed by atoms with van der Waals surface area (Å²) in [5.41, 5.74) is 0.0667. The van der Waals surface area contributed by atoms with Gasteiger partial charge < -0.3 is 5.11 Å². The maximum atomic E-state index is 13.7. The lowest BCUT2D eigenvalue weighted by Crippen LogP contribution is -2.32. The van der Waals surface area contributed by atoms with Gasteiger partial charge in [-0.05, 0) is 37.0 Å². The number of hydrogen-bond donors (Lipinski definition) is 2. The second-order valence-electron chi connectivity index (χ2n) is 4.75. The average Bonchev–Trinajstić information content (AvgIpc) is 2.35. The van der Waals surface area contributed by atoms with Gasteiger partial charge in [0.25, 0.3) is 0 Å². The molecule has 1 aromatic carbocycles. The SMILES string of the molecule is O=S(=O)(NCC1CCC1)c1ccc(C#CCO)c(F)c1. The molecule has 0 amide bonds. The predicted molar refractivity (Wildman–Crippen MR) is 72.9 cm³/mol. The average molecular weight is 297 g/mol. The largest absolute Gasteiger partial charge is 0.384 e. The molecule has 6 heteroatoms. The Labute approximate surface area is 118 Å². The van der Waals surface area contributed by atoms with Crippen LogP contribution in [0.2, 0.25) is 0 Å². The molecule has 0 saturated heterocycles. The van der Waals surface area contributed by atoms with Gasteiger partial charge in [0.15, 0.2) is 0 Å². The van der Waals surface area contributed by atoms with Crippen molar-refractivity contribution in [3.05, 3.63) is 29.6 Å². The molecule has 2 N–H and O–H groups in total. The van der Waals surface area contributed by atoms with Crippen LogP contribution >= 0.6 is 0 Å². The second-order valence-corrected chi connectivity index (χ2v) is 6.52. The maximum Gasteiger partial charge on any atom is 0.240 e. The lowest BCUT2D eigenvalue weighted by Gasteiger charge is -2.25. The van der Waals surface area contributed by atoms with E-state index in [2.05, 4.69) is 16.6 Å². The Hall–Kier alpha value is -1.42. The summed E-state index contributed by atoms with van der Waals surface area (Å²) < 4.78 is 40.2. The third kappa shape index (κ3) is 3.57. The molecule has 1 saturated carbocycles. The fourth-order valence-electron chi connectivity index (χ4n) is 1.91. The Kier molecular flexibility index (Phi) is 4.76. The molecule has 20 heavy (non-hydrogen) atoms. The third-order valence-corrected chi connectivity index (χ3v) is 4.76. The van der Waals surface area contributed by atoms with Crippen LogP contribution in [0.3, 0.4) is 0 Å². The number of rotatable bonds is 4. The van der Waals surface area contributed by atoms with E-state index in [0.29, 0.717) is 12.5 Å². The van der Waals surface area contributed by atoms with Crippen LogP contribution in [0.25, 0.3) is 0 Å². The van der Waals surface area contributed by atoms with Crippen molar-refractivity contribution >= 4 is 10.0 Å². The summed E-state index contributed by atoms with van der Waals surface area (Å²) in [4.78, 5) is -0.108. The number of sulfonamides is 1. The highest BCUT2D eigenvalue weighted by molar-refractivity contribution is 7.89. The molecule has 1 aliphatic carbocycles. The van der Waals surface area contributed by atoms with Crippen LogP contribution in [0, 0.1) is 23.6 Å². The van der Waals surface area contributed by atoms with Gasteiger partial charge in [0, 0.05) is 6.54 Å². The van der Waals surface area contributed by atoms with E-state index >= 15 is 0 Å². The van der Waals surface area contributed by atoms with E-state index < -0.39 is 15.8 Å². The van der Waals surface area contributed by atoms with Crippen molar-refractivity contribution < 1.29 is 17.9 Å². The molecule has 0 spiro atoms. The van der Waals surface area contributed by atoms with Gasteiger partial charge in [-0.3, -0.25) is 0 Å². The first-order chi connectivity index (χ1) is 9.53. The summed E-state index contributed by atoms with van der Waals surface area (Å²) in [5, 5.41) is 8.55. The minimum Gasteiger partial charge on any atom is -0.384 e. The van der Waals surface area contributed by atoms with Crippen LogP contribution in [-0.2, 0) is 10.0 Å². The summed E-state index contributed by atoms with van der Waals surface area (Å²) in [5.74, 6) is 4.42. The van der Waals surface area contributed by atoms with Crippen molar-refractivity contribution in [1.29, 1.82) is 0 Å². The zero-order valence-electron chi connectivity index (χ0n) is 10.9. The molecular weight excluding hydrogens is 281 g/mol. The quantitative estimate of drug-likeness (QED) is 0.822. The zero-order valence-corrected chi connectivity index (χ0v) is 11.7. The van der Waals surface area contributed by atoms with Crippen molar-refractivity contribution in [2.75, 3.05) is 13.2 Å². The standard InChI is InChI=1S/C14H16FNO3S/c15-14-9-13(7-6-12(14)5-2-8-17)20(18,19)16-10-11-3-1-4-11/h6-7,9,11,16-17H,1,3-4,8,10H2. The Morgan fingerprint density at radius 1 is 1.40 bits per heavy atom. The highest BCUT2D eigenvalue weighted by Gasteiger charge is 2.21. The summed E-state index contributed by atoms with van der Waals surface area (Å²) in [7, 11) is -3.68. The van der Waals surface area contributed by atoms with E-state index in [4.69, 9.17) is 5.11 Å². The number of aliphatic hydroxyl groups excluding tert-OH is 1. The number of halogens is 1. The molecule has 1 aliphatic rings. The van der Waals surface area contributed by atoms with Gasteiger partial charge in [-0.25, -0.2) is 17.5 Å². The van der Waals surface area contributed by atoms with Crippen LogP contribution in [0.15, 0.2) is 23.1 Å². The first-order valence-electron chi connectivity index (χ1n) is 6.42. The monoisotopic (exact) mass is 297 g/mol. The number of aliphatic hydroxyl groups is 1. The normalized spacial score (nSPS) is 15.3. The maximum absolute atomic E-state index is 13.7. The summed E-state index contributed by atoms with van der Waals surface area (Å²) >= 11 is 0. The molecule has 2 rings (SSSR count). The molecule has 0 atom stereocenters. The molecule has 0 aromatic heterocycles. The van der Waals surface area contributed by atoms with Crippen molar-refractivity contribution in [2.45, 2.75) is 24.2 Å². The van der Waals surface area contributed by atoms with Crippen LogP contribution < -0.4 is 4.72 Å². The molecule has 0 bridgehead atoms. The number of hydrogen-bond acceptors (Lipinski definition) is 3. The Morgan fingerprint density at radius 2 is 2.15 bits per heavy atom. The first kappa shape index (κ1) is 15.0. The minimum atomic E-state index is -3.68. The smallest absolute Gasteiger partial charge is 0.240 e. The van der Waals surface area contributed by atoms with Crippen LogP contribution in [0.5, 0.6) is 0 Å². The molecule has 4 nitrogen and oxygen atoms in total. The van der Waals surface area contributed by atoms with E-state index in [-0.39, 0.29) is 17.1 Å². The lowest BCUT2D eigenvalue weighted by molar-refractivity contribution is 0.316. The van der Waals surface area contributed by atoms with Crippen molar-refractivity contribution in [2.24, 2.45) is 5.92 Å². The van der Waals surface area contributed by atoms with Crippen molar-refractivity contribution in [3.63, 3.8) is 0 Å². The molecule has 0 heterocycles. The van der Waals surface area contributed by atoms with Gasteiger partial charge in [0.05, 0.1) is 10.5 Å². The topological polar surface area (TPSA) is 66.4 Å². The Bertz CT molecular complexity index is 642. The van der Waals surface area contributed by atoms with E-state index in [1.54, 1.807) is 0 Å². The van der Waals surface area contributed by atoms with Gasteiger partial charge in [0.2, 0.25) is 10.0 Å². The van der Waals surface area contributed by atoms with E-state index in [9.17, 15) is 12.8 Å². The molecule has 1 fully saturated rings. The Morgan fingerprint density at radius 3 is 2.70 bits per heavy atom. The van der Waals surface area contributed by atoms with E-state index in [0.717, 1.165) is 25.3 Å². The van der Waals surface area contributed by atoms with Gasteiger partial charge in [-0.2, -0.15) is 0 Å². The molecule has 1 aromatic rings. The molecule has 108 valence electrons. The fourth-order valence-corrected chi connectivity index (χ4v) is 3.03. The molecule has 0 radical (unpaired) electrons. The van der Waals surface area contributed by atoms with Crippen LogP contribution in [0.1, 0.15) is 24.8 Å². The number of nitrogens with one attached hydrogen (secondary N) is 1. The Balaban J connectivity index is 2.12. The molecule has 0 aliphatic heterocycles. The number of benzene rings is 1. The summed E-state index contributed by atoms with van der Waals surface area (Å²) in [6.45, 7) is 0.0262. The third-order valence-electron chi connectivity index (χ3n) is 3.34. The second kappa shape index (κ2) is 6.35. The van der Waals surface area contributed by atoms with Gasteiger partial charge in [0.1, 0.15) is 12.4 Å². The lowest BCUT2D eigenvalue weighted by atomic mass is 9.86. The van der Waals surface area contributed by atoms with Gasteiger partial charge >= 0.3 is 0 Å². The summed E-state index contributed by atoms with van der Waals surface area (Å²) in [6.07, 6.45) is 3.21.